The minimum Gasteiger partial charge on any atom is -0.493 e. The van der Waals surface area contributed by atoms with Crippen molar-refractivity contribution in [2.75, 3.05) is 20.3 Å². The van der Waals surface area contributed by atoms with Gasteiger partial charge in [-0.2, -0.15) is 5.26 Å². The molecule has 0 heterocycles. The molecule has 1 aromatic rings. The topological polar surface area (TPSA) is 97.6 Å². The summed E-state index contributed by atoms with van der Waals surface area (Å²) < 4.78 is 16.0. The van der Waals surface area contributed by atoms with Crippen molar-refractivity contribution in [2.45, 2.75) is 44.6 Å². The van der Waals surface area contributed by atoms with Crippen LogP contribution in [-0.4, -0.2) is 38.2 Å². The average Bonchev–Trinajstić information content (AvgIpc) is 3.13. The summed E-state index contributed by atoms with van der Waals surface area (Å²) in [4.78, 5) is 22.4. The van der Waals surface area contributed by atoms with Gasteiger partial charge in [0.05, 0.1) is 25.2 Å². The van der Waals surface area contributed by atoms with Gasteiger partial charge in [0.1, 0.15) is 0 Å². The van der Waals surface area contributed by atoms with Crippen LogP contribution in [0.5, 0.6) is 11.5 Å². The summed E-state index contributed by atoms with van der Waals surface area (Å²) in [5.74, 6) is -0.287. The van der Waals surface area contributed by atoms with Gasteiger partial charge in [-0.15, -0.1) is 0 Å². The van der Waals surface area contributed by atoms with Crippen LogP contribution in [0.25, 0.3) is 0 Å². The lowest BCUT2D eigenvalue weighted by Crippen LogP contribution is -2.31. The standard InChI is InChI=1S/C19H24N2O5/c1-13(22)25-12-19(23)21-11-15(10-20)14-7-8-17(24-2)18(9-14)26-16-5-3-4-6-16/h7-9,15-16H,3-6,11-12H2,1-2H3,(H,21,23). The molecule has 1 amide bonds. The molecule has 0 saturated heterocycles. The Balaban J connectivity index is 2.03. The number of esters is 1. The molecule has 140 valence electrons. The molecular weight excluding hydrogens is 336 g/mol. The number of nitriles is 1. The van der Waals surface area contributed by atoms with Crippen LogP contribution < -0.4 is 14.8 Å². The van der Waals surface area contributed by atoms with E-state index in [0.717, 1.165) is 31.2 Å². The molecule has 1 saturated carbocycles. The Morgan fingerprint density at radius 3 is 2.65 bits per heavy atom. The van der Waals surface area contributed by atoms with E-state index in [0.29, 0.717) is 11.5 Å². The maximum atomic E-state index is 11.7. The van der Waals surface area contributed by atoms with Crippen molar-refractivity contribution in [3.05, 3.63) is 23.8 Å². The Labute approximate surface area is 153 Å². The van der Waals surface area contributed by atoms with E-state index < -0.39 is 17.8 Å². The molecule has 0 aliphatic heterocycles. The van der Waals surface area contributed by atoms with Crippen LogP contribution in [0, 0.1) is 11.3 Å². The van der Waals surface area contributed by atoms with Crippen LogP contribution in [-0.2, 0) is 14.3 Å². The number of carbonyl (C=O) groups excluding carboxylic acids is 2. The van der Waals surface area contributed by atoms with Gasteiger partial charge in [0.2, 0.25) is 0 Å². The third-order valence-electron chi connectivity index (χ3n) is 4.25. The molecule has 2 rings (SSSR count). The number of benzene rings is 1. The Kier molecular flexibility index (Phi) is 7.27. The Morgan fingerprint density at radius 1 is 1.31 bits per heavy atom. The Bertz CT molecular complexity index is 677. The molecule has 1 aromatic carbocycles. The molecule has 7 heteroatoms. The fourth-order valence-electron chi connectivity index (χ4n) is 2.86. The number of amides is 1. The quantitative estimate of drug-likeness (QED) is 0.715. The van der Waals surface area contributed by atoms with Crippen LogP contribution in [0.2, 0.25) is 0 Å². The van der Waals surface area contributed by atoms with Crippen LogP contribution in [0.3, 0.4) is 0 Å². The highest BCUT2D eigenvalue weighted by molar-refractivity contribution is 5.79. The number of ether oxygens (including phenoxy) is 3. The minimum atomic E-state index is -0.548. The molecule has 1 N–H and O–H groups in total. The number of nitrogens with zero attached hydrogens (tertiary/aromatic N) is 1. The van der Waals surface area contributed by atoms with Gasteiger partial charge in [0, 0.05) is 13.5 Å². The lowest BCUT2D eigenvalue weighted by atomic mass is 10.00. The zero-order chi connectivity index (χ0) is 18.9. The van der Waals surface area contributed by atoms with E-state index in [4.69, 9.17) is 9.47 Å². The van der Waals surface area contributed by atoms with Crippen molar-refractivity contribution in [2.24, 2.45) is 0 Å². The number of hydrogen-bond donors (Lipinski definition) is 1. The van der Waals surface area contributed by atoms with E-state index in [1.54, 1.807) is 25.3 Å². The van der Waals surface area contributed by atoms with Crippen LogP contribution in [0.4, 0.5) is 0 Å². The summed E-state index contributed by atoms with van der Waals surface area (Å²) in [7, 11) is 1.58. The van der Waals surface area contributed by atoms with Gasteiger partial charge in [0.15, 0.2) is 18.1 Å². The maximum Gasteiger partial charge on any atom is 0.303 e. The SMILES string of the molecule is COc1ccc(C(C#N)CNC(=O)COC(C)=O)cc1OC1CCCC1. The largest absolute Gasteiger partial charge is 0.493 e. The van der Waals surface area contributed by atoms with E-state index in [9.17, 15) is 14.9 Å². The van der Waals surface area contributed by atoms with Gasteiger partial charge in [0.25, 0.3) is 5.91 Å². The van der Waals surface area contributed by atoms with Crippen molar-refractivity contribution in [3.8, 4) is 17.6 Å². The molecule has 26 heavy (non-hydrogen) atoms. The second-order valence-electron chi connectivity index (χ2n) is 6.20. The first-order valence-electron chi connectivity index (χ1n) is 8.67. The minimum absolute atomic E-state index is 0.117. The summed E-state index contributed by atoms with van der Waals surface area (Å²) in [6, 6.07) is 7.53. The van der Waals surface area contributed by atoms with Gasteiger partial charge >= 0.3 is 5.97 Å². The Hall–Kier alpha value is -2.75. The van der Waals surface area contributed by atoms with Crippen molar-refractivity contribution in [1.82, 2.24) is 5.32 Å². The third-order valence-corrected chi connectivity index (χ3v) is 4.25. The summed E-state index contributed by atoms with van der Waals surface area (Å²) in [5, 5.41) is 12.1. The zero-order valence-electron chi connectivity index (χ0n) is 15.1. The molecule has 7 nitrogen and oxygen atoms in total. The molecule has 1 aliphatic rings. The second kappa shape index (κ2) is 9.66. The highest BCUT2D eigenvalue weighted by atomic mass is 16.5. The van der Waals surface area contributed by atoms with Gasteiger partial charge in [-0.1, -0.05) is 6.07 Å². The second-order valence-corrected chi connectivity index (χ2v) is 6.20. The summed E-state index contributed by atoms with van der Waals surface area (Å²) in [6.45, 7) is 0.993. The zero-order valence-corrected chi connectivity index (χ0v) is 15.1. The molecule has 1 atom stereocenters. The first-order valence-corrected chi connectivity index (χ1v) is 8.67. The fraction of sp³-hybridized carbons (Fsp3) is 0.526. The van der Waals surface area contributed by atoms with E-state index in [2.05, 4.69) is 16.1 Å². The highest BCUT2D eigenvalue weighted by Crippen LogP contribution is 2.34. The smallest absolute Gasteiger partial charge is 0.303 e. The van der Waals surface area contributed by atoms with Crippen molar-refractivity contribution in [1.29, 1.82) is 5.26 Å². The third kappa shape index (κ3) is 5.66. The lowest BCUT2D eigenvalue weighted by molar-refractivity contribution is -0.146. The van der Waals surface area contributed by atoms with E-state index in [1.807, 2.05) is 0 Å². The van der Waals surface area contributed by atoms with Crippen molar-refractivity contribution < 1.29 is 23.8 Å². The van der Waals surface area contributed by atoms with Gasteiger partial charge < -0.3 is 19.5 Å². The Morgan fingerprint density at radius 2 is 2.04 bits per heavy atom. The fourth-order valence-corrected chi connectivity index (χ4v) is 2.86. The first-order chi connectivity index (χ1) is 12.5. The number of nitrogens with one attached hydrogen (secondary N) is 1. The maximum absolute atomic E-state index is 11.7. The lowest BCUT2D eigenvalue weighted by Gasteiger charge is -2.18. The number of rotatable bonds is 8. The normalized spacial score (nSPS) is 15.0. The van der Waals surface area contributed by atoms with Gasteiger partial charge in [-0.05, 0) is 43.4 Å². The molecular formula is C19H24N2O5. The summed E-state index contributed by atoms with van der Waals surface area (Å²) in [6.07, 6.45) is 4.51. The van der Waals surface area contributed by atoms with Gasteiger partial charge in [-0.25, -0.2) is 0 Å². The molecule has 1 unspecified atom stereocenters. The molecule has 1 aliphatic carbocycles. The van der Waals surface area contributed by atoms with Crippen LogP contribution in [0.15, 0.2) is 18.2 Å². The number of hydrogen-bond acceptors (Lipinski definition) is 6. The van der Waals surface area contributed by atoms with Crippen LogP contribution in [0.1, 0.15) is 44.1 Å². The molecule has 1 fully saturated rings. The predicted octanol–water partition coefficient (Wildman–Crippen LogP) is 2.30. The monoisotopic (exact) mass is 360 g/mol. The van der Waals surface area contributed by atoms with Gasteiger partial charge in [-0.3, -0.25) is 9.59 Å². The van der Waals surface area contributed by atoms with E-state index in [1.165, 1.54) is 6.92 Å². The number of carbonyl (C=O) groups is 2. The van der Waals surface area contributed by atoms with E-state index >= 15 is 0 Å². The summed E-state index contributed by atoms with van der Waals surface area (Å²) >= 11 is 0. The molecule has 0 bridgehead atoms. The molecule has 0 radical (unpaired) electrons. The summed E-state index contributed by atoms with van der Waals surface area (Å²) in [5.41, 5.74) is 0.731. The van der Waals surface area contributed by atoms with Crippen LogP contribution >= 0.6 is 0 Å². The molecule has 0 spiro atoms. The molecule has 0 aromatic heterocycles. The highest BCUT2D eigenvalue weighted by Gasteiger charge is 2.20. The van der Waals surface area contributed by atoms with E-state index in [-0.39, 0.29) is 19.3 Å². The predicted molar refractivity (Wildman–Crippen MR) is 93.9 cm³/mol. The van der Waals surface area contributed by atoms with Crippen molar-refractivity contribution >= 4 is 11.9 Å². The number of methoxy groups -OCH3 is 1. The van der Waals surface area contributed by atoms with Crippen molar-refractivity contribution in [3.63, 3.8) is 0 Å². The first kappa shape index (κ1) is 19.6. The average molecular weight is 360 g/mol.